The van der Waals surface area contributed by atoms with E-state index in [-0.39, 0.29) is 11.9 Å². The third-order valence-electron chi connectivity index (χ3n) is 1.55. The second kappa shape index (κ2) is 4.02. The summed E-state index contributed by atoms with van der Waals surface area (Å²) in [6.45, 7) is 0. The molecule has 4 heteroatoms. The Bertz CT molecular complexity index is 356. The molecule has 1 heterocycles. The minimum Gasteiger partial charge on any atom is -0.508 e. The predicted octanol–water partition coefficient (Wildman–Crippen LogP) is 2.68. The molecule has 0 atom stereocenters. The zero-order valence-electron chi connectivity index (χ0n) is 6.97. The molecule has 0 unspecified atom stereocenters. The summed E-state index contributed by atoms with van der Waals surface area (Å²) in [5, 5.41) is 12.0. The molecule has 0 saturated carbocycles. The Labute approximate surface area is 80.3 Å². The van der Waals surface area contributed by atoms with Crippen molar-refractivity contribution in [2.24, 2.45) is 0 Å². The van der Waals surface area contributed by atoms with Gasteiger partial charge in [0.05, 0.1) is 0 Å². The molecule has 0 fully saturated rings. The quantitative estimate of drug-likeness (QED) is 0.733. The smallest absolute Gasteiger partial charge is 0.123 e. The number of rotatable bonds is 1. The van der Waals surface area contributed by atoms with Crippen molar-refractivity contribution in [3.63, 3.8) is 0 Å². The topological polar surface area (TPSA) is 68.1 Å². The minimum absolute atomic E-state index is 0. The lowest BCUT2D eigenvalue weighted by molar-refractivity contribution is 0.475. The van der Waals surface area contributed by atoms with Crippen LogP contribution >= 0.6 is 11.3 Å². The Kier molecular flexibility index (Phi) is 3.00. The highest BCUT2D eigenvalue weighted by Crippen LogP contribution is 2.23. The standard InChI is InChI=1S/C9H7NOS.H3N/c11-8-3-1-7(2-4-8)9-10-5-6-12-9;/h1-6,11H;1H3. The van der Waals surface area contributed by atoms with Crippen molar-refractivity contribution in [3.8, 4) is 16.3 Å². The number of thiazole rings is 1. The van der Waals surface area contributed by atoms with Crippen LogP contribution in [0.3, 0.4) is 0 Å². The van der Waals surface area contributed by atoms with E-state index in [1.165, 1.54) is 0 Å². The largest absolute Gasteiger partial charge is 0.508 e. The van der Waals surface area contributed by atoms with Gasteiger partial charge in [0, 0.05) is 17.1 Å². The number of benzene rings is 1. The number of hydrogen-bond acceptors (Lipinski definition) is 4. The molecule has 2 aromatic rings. The van der Waals surface area contributed by atoms with Gasteiger partial charge in [0.1, 0.15) is 10.8 Å². The van der Waals surface area contributed by atoms with Crippen molar-refractivity contribution in [2.45, 2.75) is 0 Å². The number of aromatic nitrogens is 1. The molecule has 1 aromatic carbocycles. The van der Waals surface area contributed by atoms with Crippen molar-refractivity contribution in [1.82, 2.24) is 11.1 Å². The molecule has 13 heavy (non-hydrogen) atoms. The van der Waals surface area contributed by atoms with Crippen LogP contribution in [-0.2, 0) is 0 Å². The summed E-state index contributed by atoms with van der Waals surface area (Å²) < 4.78 is 0. The molecule has 0 radical (unpaired) electrons. The zero-order chi connectivity index (χ0) is 8.39. The first-order valence-corrected chi connectivity index (χ1v) is 4.43. The molecule has 68 valence electrons. The summed E-state index contributed by atoms with van der Waals surface area (Å²) in [7, 11) is 0. The highest BCUT2D eigenvalue weighted by atomic mass is 32.1. The van der Waals surface area contributed by atoms with Gasteiger partial charge in [0.15, 0.2) is 0 Å². The lowest BCUT2D eigenvalue weighted by Crippen LogP contribution is -1.73. The SMILES string of the molecule is N.Oc1ccc(-c2nccs2)cc1. The maximum absolute atomic E-state index is 9.04. The number of phenolic OH excluding ortho intramolecular Hbond substituents is 1. The van der Waals surface area contributed by atoms with Crippen molar-refractivity contribution in [2.75, 3.05) is 0 Å². The predicted molar refractivity (Wildman–Crippen MR) is 54.2 cm³/mol. The van der Waals surface area contributed by atoms with E-state index in [1.807, 2.05) is 17.5 Å². The van der Waals surface area contributed by atoms with E-state index in [4.69, 9.17) is 5.11 Å². The fourth-order valence-electron chi connectivity index (χ4n) is 0.970. The van der Waals surface area contributed by atoms with Gasteiger partial charge in [0.2, 0.25) is 0 Å². The van der Waals surface area contributed by atoms with Crippen molar-refractivity contribution in [1.29, 1.82) is 0 Å². The van der Waals surface area contributed by atoms with Crippen molar-refractivity contribution < 1.29 is 5.11 Å². The summed E-state index contributed by atoms with van der Waals surface area (Å²) in [6.07, 6.45) is 1.77. The average molecular weight is 194 g/mol. The van der Waals surface area contributed by atoms with Gasteiger partial charge < -0.3 is 11.3 Å². The van der Waals surface area contributed by atoms with Crippen LogP contribution in [0, 0.1) is 0 Å². The minimum atomic E-state index is 0. The number of nitrogens with zero attached hydrogens (tertiary/aromatic N) is 1. The third kappa shape index (κ3) is 2.05. The van der Waals surface area contributed by atoms with E-state index in [1.54, 1.807) is 29.7 Å². The molecule has 3 nitrogen and oxygen atoms in total. The summed E-state index contributed by atoms with van der Waals surface area (Å²) in [4.78, 5) is 4.15. The van der Waals surface area contributed by atoms with Crippen LogP contribution in [0.2, 0.25) is 0 Å². The van der Waals surface area contributed by atoms with Crippen molar-refractivity contribution in [3.05, 3.63) is 35.8 Å². The molecule has 0 aliphatic rings. The average Bonchev–Trinajstić information content (AvgIpc) is 2.58. The number of hydrogen-bond donors (Lipinski definition) is 2. The van der Waals surface area contributed by atoms with Gasteiger partial charge in [-0.3, -0.25) is 0 Å². The Balaban J connectivity index is 0.000000845. The lowest BCUT2D eigenvalue weighted by atomic mass is 10.2. The van der Waals surface area contributed by atoms with E-state index >= 15 is 0 Å². The molecule has 0 aliphatic heterocycles. The maximum atomic E-state index is 9.04. The molecule has 2 rings (SSSR count). The molecular formula is C9H10N2OS. The lowest BCUT2D eigenvalue weighted by Gasteiger charge is -1.94. The summed E-state index contributed by atoms with van der Waals surface area (Å²) in [6, 6.07) is 7.04. The summed E-state index contributed by atoms with van der Waals surface area (Å²) in [5.74, 6) is 0.287. The highest BCUT2D eigenvalue weighted by molar-refractivity contribution is 7.13. The second-order valence-electron chi connectivity index (χ2n) is 2.38. The molecule has 0 aliphatic carbocycles. The summed E-state index contributed by atoms with van der Waals surface area (Å²) in [5.41, 5.74) is 1.04. The fourth-order valence-corrected chi connectivity index (χ4v) is 1.61. The summed E-state index contributed by atoms with van der Waals surface area (Å²) >= 11 is 1.59. The molecule has 0 amide bonds. The van der Waals surface area contributed by atoms with Gasteiger partial charge in [0.25, 0.3) is 0 Å². The maximum Gasteiger partial charge on any atom is 0.123 e. The van der Waals surface area contributed by atoms with Gasteiger partial charge in [-0.25, -0.2) is 4.98 Å². The van der Waals surface area contributed by atoms with Crippen LogP contribution in [0.5, 0.6) is 5.75 Å². The van der Waals surface area contributed by atoms with Gasteiger partial charge >= 0.3 is 0 Å². The van der Waals surface area contributed by atoms with E-state index in [0.29, 0.717) is 0 Å². The Morgan fingerprint density at radius 1 is 1.15 bits per heavy atom. The first kappa shape index (κ1) is 9.70. The van der Waals surface area contributed by atoms with Crippen LogP contribution in [0.15, 0.2) is 35.8 Å². The first-order valence-electron chi connectivity index (χ1n) is 3.55. The van der Waals surface area contributed by atoms with Gasteiger partial charge in [-0.05, 0) is 24.3 Å². The molecule has 0 spiro atoms. The Morgan fingerprint density at radius 3 is 2.38 bits per heavy atom. The Hall–Kier alpha value is -1.39. The molecule has 0 saturated heterocycles. The van der Waals surface area contributed by atoms with Crippen molar-refractivity contribution >= 4 is 11.3 Å². The van der Waals surface area contributed by atoms with E-state index < -0.39 is 0 Å². The number of phenols is 1. The Morgan fingerprint density at radius 2 is 1.85 bits per heavy atom. The third-order valence-corrected chi connectivity index (χ3v) is 2.37. The fraction of sp³-hybridized carbons (Fsp3) is 0. The van der Waals surface area contributed by atoms with Gasteiger partial charge in [-0.15, -0.1) is 11.3 Å². The number of aromatic hydroxyl groups is 1. The van der Waals surface area contributed by atoms with E-state index in [9.17, 15) is 0 Å². The van der Waals surface area contributed by atoms with Gasteiger partial charge in [-0.2, -0.15) is 0 Å². The van der Waals surface area contributed by atoms with Crippen LogP contribution in [-0.4, -0.2) is 10.1 Å². The van der Waals surface area contributed by atoms with Crippen LogP contribution in [0.1, 0.15) is 0 Å². The monoisotopic (exact) mass is 194 g/mol. The van der Waals surface area contributed by atoms with Crippen LogP contribution in [0.25, 0.3) is 10.6 Å². The van der Waals surface area contributed by atoms with Crippen LogP contribution in [0.4, 0.5) is 0 Å². The second-order valence-corrected chi connectivity index (χ2v) is 3.28. The molecule has 0 bridgehead atoms. The normalized spacial score (nSPS) is 9.23. The molecular weight excluding hydrogens is 184 g/mol. The molecule has 4 N–H and O–H groups in total. The van der Waals surface area contributed by atoms with Crippen LogP contribution < -0.4 is 6.15 Å². The van der Waals surface area contributed by atoms with E-state index in [0.717, 1.165) is 10.6 Å². The highest BCUT2D eigenvalue weighted by Gasteiger charge is 1.98. The van der Waals surface area contributed by atoms with E-state index in [2.05, 4.69) is 4.98 Å². The van der Waals surface area contributed by atoms with Gasteiger partial charge in [-0.1, -0.05) is 0 Å². The first-order chi connectivity index (χ1) is 5.86. The zero-order valence-corrected chi connectivity index (χ0v) is 7.79. The molecule has 1 aromatic heterocycles.